The molecule has 3 heteroatoms. The molecule has 3 nitrogen and oxygen atoms in total. The van der Waals surface area contributed by atoms with Gasteiger partial charge in [-0.1, -0.05) is 18.2 Å². The summed E-state index contributed by atoms with van der Waals surface area (Å²) in [5.74, 6) is 5.84. The third kappa shape index (κ3) is 3.80. The van der Waals surface area contributed by atoms with Crippen molar-refractivity contribution < 1.29 is 10.2 Å². The molecule has 11 rings (SSSR count). The fourth-order valence-corrected chi connectivity index (χ4v) is 12.4. The summed E-state index contributed by atoms with van der Waals surface area (Å²) < 4.78 is 0. The lowest BCUT2D eigenvalue weighted by Gasteiger charge is -2.57. The monoisotopic (exact) mass is 559 g/mol. The van der Waals surface area contributed by atoms with Gasteiger partial charge in [0.05, 0.1) is 11.4 Å². The second-order valence-electron chi connectivity index (χ2n) is 16.2. The van der Waals surface area contributed by atoms with Crippen molar-refractivity contribution in [1.29, 1.82) is 0 Å². The highest BCUT2D eigenvalue weighted by atomic mass is 16.3. The van der Waals surface area contributed by atoms with Crippen LogP contribution in [-0.2, 0) is 10.8 Å². The number of benzene rings is 2. The van der Waals surface area contributed by atoms with Crippen LogP contribution in [0.2, 0.25) is 0 Å². The van der Waals surface area contributed by atoms with E-state index in [-0.39, 0.29) is 10.8 Å². The van der Waals surface area contributed by atoms with Gasteiger partial charge in [0.2, 0.25) is 0 Å². The minimum Gasteiger partial charge on any atom is -0.507 e. The smallest absolute Gasteiger partial charge is 0.128 e. The van der Waals surface area contributed by atoms with Gasteiger partial charge in [-0.2, -0.15) is 0 Å². The van der Waals surface area contributed by atoms with Gasteiger partial charge < -0.3 is 10.2 Å². The molecule has 0 aliphatic heterocycles. The van der Waals surface area contributed by atoms with Crippen LogP contribution in [0.15, 0.2) is 42.5 Å². The predicted molar refractivity (Wildman–Crippen MR) is 168 cm³/mol. The zero-order valence-corrected chi connectivity index (χ0v) is 25.3. The number of aromatic nitrogens is 1. The molecular formula is C39H45NO2. The number of rotatable bonds is 4. The van der Waals surface area contributed by atoms with Gasteiger partial charge in [0.1, 0.15) is 11.5 Å². The first-order valence-corrected chi connectivity index (χ1v) is 16.9. The summed E-state index contributed by atoms with van der Waals surface area (Å²) in [4.78, 5) is 5.17. The molecular weight excluding hydrogens is 514 g/mol. The van der Waals surface area contributed by atoms with E-state index < -0.39 is 0 Å². The van der Waals surface area contributed by atoms with Gasteiger partial charge in [-0.05, 0) is 173 Å². The van der Waals surface area contributed by atoms with Crippen molar-refractivity contribution in [3.05, 3.63) is 64.7 Å². The number of pyridine rings is 1. The molecule has 8 aliphatic carbocycles. The Morgan fingerprint density at radius 3 is 1.21 bits per heavy atom. The molecule has 8 fully saturated rings. The van der Waals surface area contributed by atoms with E-state index in [1.165, 1.54) is 99.3 Å². The lowest BCUT2D eigenvalue weighted by molar-refractivity contribution is -0.00627. The predicted octanol–water partition coefficient (Wildman–Crippen LogP) is 9.38. The standard InChI is InChI=1S/C39H45NO2/c1-22-6-30(36(41)32(8-22)38-16-24-10-25(17-38)12-26(11-24)18-38)34-4-3-5-35(40-34)31-7-23(2)9-33(37(31)42)39-19-27-13-28(20-39)15-29(14-27)21-39/h3-9,24-29,41-42H,10-21H2,1-2H3. The molecule has 8 aliphatic rings. The third-order valence-electron chi connectivity index (χ3n) is 13.0. The van der Waals surface area contributed by atoms with Crippen LogP contribution < -0.4 is 0 Å². The largest absolute Gasteiger partial charge is 0.507 e. The molecule has 3 aromatic rings. The zero-order chi connectivity index (χ0) is 28.4. The molecule has 1 aromatic heterocycles. The Bertz CT molecular complexity index is 1410. The van der Waals surface area contributed by atoms with Crippen LogP contribution in [0.3, 0.4) is 0 Å². The van der Waals surface area contributed by atoms with Gasteiger partial charge in [0.15, 0.2) is 0 Å². The van der Waals surface area contributed by atoms with Gasteiger partial charge in [0.25, 0.3) is 0 Å². The van der Waals surface area contributed by atoms with Crippen LogP contribution in [0, 0.1) is 49.4 Å². The second-order valence-corrected chi connectivity index (χ2v) is 16.2. The topological polar surface area (TPSA) is 53.4 Å². The number of aryl methyl sites for hydroxylation is 2. The molecule has 2 aromatic carbocycles. The Labute approximate surface area is 250 Å². The van der Waals surface area contributed by atoms with Crippen molar-refractivity contribution in [3.8, 4) is 34.0 Å². The number of phenolic OH excluding ortho intramolecular Hbond substituents is 2. The molecule has 0 unspecified atom stereocenters. The lowest BCUT2D eigenvalue weighted by atomic mass is 9.48. The summed E-state index contributed by atoms with van der Waals surface area (Å²) >= 11 is 0. The third-order valence-corrected chi connectivity index (χ3v) is 13.0. The first-order valence-electron chi connectivity index (χ1n) is 16.9. The van der Waals surface area contributed by atoms with Gasteiger partial charge in [0, 0.05) is 22.3 Å². The van der Waals surface area contributed by atoms with Crippen LogP contribution in [0.1, 0.15) is 99.3 Å². The van der Waals surface area contributed by atoms with Crippen LogP contribution in [0.25, 0.3) is 22.5 Å². The minimum absolute atomic E-state index is 0.124. The molecule has 2 N–H and O–H groups in total. The fraction of sp³-hybridized carbons (Fsp3) is 0.564. The van der Waals surface area contributed by atoms with Crippen molar-refractivity contribution in [2.24, 2.45) is 35.5 Å². The molecule has 0 atom stereocenters. The van der Waals surface area contributed by atoms with Crippen LogP contribution >= 0.6 is 0 Å². The van der Waals surface area contributed by atoms with E-state index in [0.29, 0.717) is 11.5 Å². The number of phenols is 2. The quantitative estimate of drug-likeness (QED) is 0.335. The van der Waals surface area contributed by atoms with E-state index in [2.05, 4.69) is 44.2 Å². The molecule has 1 heterocycles. The minimum atomic E-state index is 0.124. The SMILES string of the molecule is Cc1cc(-c2cccc(-c3cc(C)cc(C45CC6CC(CC(C6)C4)C5)c3O)n2)c(O)c(C23CC4CC(CC(C4)C2)C3)c1. The van der Waals surface area contributed by atoms with E-state index in [0.717, 1.165) is 58.0 Å². The van der Waals surface area contributed by atoms with Gasteiger partial charge in [-0.25, -0.2) is 4.98 Å². The van der Waals surface area contributed by atoms with Crippen molar-refractivity contribution >= 4 is 0 Å². The second kappa shape index (κ2) is 8.87. The van der Waals surface area contributed by atoms with E-state index in [9.17, 15) is 10.2 Å². The van der Waals surface area contributed by atoms with Crippen LogP contribution in [-0.4, -0.2) is 15.2 Å². The maximum Gasteiger partial charge on any atom is 0.128 e. The van der Waals surface area contributed by atoms with Crippen LogP contribution in [0.5, 0.6) is 11.5 Å². The molecule has 218 valence electrons. The molecule has 0 saturated heterocycles. The van der Waals surface area contributed by atoms with Gasteiger partial charge in [-0.15, -0.1) is 0 Å². The Balaban J connectivity index is 1.12. The van der Waals surface area contributed by atoms with Gasteiger partial charge >= 0.3 is 0 Å². The molecule has 0 amide bonds. The first-order chi connectivity index (χ1) is 20.3. The Morgan fingerprint density at radius 2 is 0.881 bits per heavy atom. The normalized spacial score (nSPS) is 37.5. The highest BCUT2D eigenvalue weighted by Gasteiger charge is 2.54. The molecule has 8 saturated carbocycles. The van der Waals surface area contributed by atoms with E-state index >= 15 is 0 Å². The highest BCUT2D eigenvalue weighted by molar-refractivity contribution is 5.76. The summed E-state index contributed by atoms with van der Waals surface area (Å²) in [6.45, 7) is 4.34. The van der Waals surface area contributed by atoms with Crippen molar-refractivity contribution in [2.75, 3.05) is 0 Å². The van der Waals surface area contributed by atoms with Gasteiger partial charge in [-0.3, -0.25) is 0 Å². The van der Waals surface area contributed by atoms with E-state index in [1.807, 2.05) is 12.1 Å². The molecule has 8 bridgehead atoms. The van der Waals surface area contributed by atoms with Crippen molar-refractivity contribution in [2.45, 2.75) is 102 Å². The van der Waals surface area contributed by atoms with Crippen molar-refractivity contribution in [3.63, 3.8) is 0 Å². The maximum absolute atomic E-state index is 11.9. The van der Waals surface area contributed by atoms with Crippen molar-refractivity contribution in [1.82, 2.24) is 4.98 Å². The highest BCUT2D eigenvalue weighted by Crippen LogP contribution is 2.64. The Kier molecular flexibility index (Phi) is 5.42. The number of hydrogen-bond donors (Lipinski definition) is 2. The Morgan fingerprint density at radius 1 is 0.548 bits per heavy atom. The number of nitrogens with zero attached hydrogens (tertiary/aromatic N) is 1. The average molecular weight is 560 g/mol. The summed E-state index contributed by atoms with van der Waals surface area (Å²) in [6, 6.07) is 14.9. The summed E-state index contributed by atoms with van der Waals surface area (Å²) in [5.41, 5.74) is 8.28. The zero-order valence-electron chi connectivity index (χ0n) is 25.3. The number of aromatic hydroxyl groups is 2. The Hall–Kier alpha value is -2.81. The first kappa shape index (κ1) is 25.7. The maximum atomic E-state index is 11.9. The molecule has 0 spiro atoms. The molecule has 42 heavy (non-hydrogen) atoms. The molecule has 0 radical (unpaired) electrons. The average Bonchev–Trinajstić information content (AvgIpc) is 2.93. The summed E-state index contributed by atoms with van der Waals surface area (Å²) in [5, 5.41) is 23.9. The lowest BCUT2D eigenvalue weighted by Crippen LogP contribution is -2.48. The fourth-order valence-electron chi connectivity index (χ4n) is 12.4. The van der Waals surface area contributed by atoms with E-state index in [1.54, 1.807) is 0 Å². The summed E-state index contributed by atoms with van der Waals surface area (Å²) in [6.07, 6.45) is 15.8. The number of hydrogen-bond acceptors (Lipinski definition) is 3. The summed E-state index contributed by atoms with van der Waals surface area (Å²) in [7, 11) is 0. The van der Waals surface area contributed by atoms with E-state index in [4.69, 9.17) is 4.98 Å². The van der Waals surface area contributed by atoms with Crippen LogP contribution in [0.4, 0.5) is 0 Å².